The van der Waals surface area contributed by atoms with Gasteiger partial charge in [-0.3, -0.25) is 0 Å². The van der Waals surface area contributed by atoms with E-state index in [-0.39, 0.29) is 0 Å². The van der Waals surface area contributed by atoms with E-state index in [1.807, 2.05) is 6.26 Å². The number of nitrogens with one attached hydrogen (secondary N) is 2. The first-order valence-electron chi connectivity index (χ1n) is 6.53. The average Bonchev–Trinajstić information content (AvgIpc) is 2.39. The van der Waals surface area contributed by atoms with Crippen molar-refractivity contribution in [1.29, 1.82) is 0 Å². The fraction of sp³-hybridized carbons (Fsp3) is 0.833. The molecule has 0 fully saturated rings. The van der Waals surface area contributed by atoms with Gasteiger partial charge in [-0.2, -0.15) is 11.8 Å². The highest BCUT2D eigenvalue weighted by atomic mass is 32.2. The molecule has 6 nitrogen and oxygen atoms in total. The molecule has 2 amide bonds. The maximum atomic E-state index is 11.6. The van der Waals surface area contributed by atoms with Crippen molar-refractivity contribution in [3.05, 3.63) is 0 Å². The number of carboxylic acids is 1. The molecule has 3 N–H and O–H groups in total. The summed E-state index contributed by atoms with van der Waals surface area (Å²) < 4.78 is 0. The molecule has 0 saturated heterocycles. The average molecular weight is 291 g/mol. The van der Waals surface area contributed by atoms with Crippen LogP contribution in [0.5, 0.6) is 0 Å². The van der Waals surface area contributed by atoms with Gasteiger partial charge in [0.2, 0.25) is 0 Å². The minimum absolute atomic E-state index is 0.416. The standard InChI is InChI=1S/C12H25N3O3S/c1-4-15(5-2)8-7-13-12(18)14-10(11(16)17)6-9-19-3/h10H,4-9H2,1-3H3,(H,16,17)(H2,13,14,18). The Morgan fingerprint density at radius 3 is 2.42 bits per heavy atom. The predicted octanol–water partition coefficient (Wildman–Crippen LogP) is 0.834. The van der Waals surface area contributed by atoms with Crippen LogP contribution in [0.2, 0.25) is 0 Å². The molecule has 0 aromatic heterocycles. The molecule has 19 heavy (non-hydrogen) atoms. The fourth-order valence-electron chi connectivity index (χ4n) is 1.57. The summed E-state index contributed by atoms with van der Waals surface area (Å²) in [4.78, 5) is 24.7. The fourth-order valence-corrected chi connectivity index (χ4v) is 2.04. The number of urea groups is 1. The molecular formula is C12H25N3O3S. The molecule has 0 aliphatic carbocycles. The molecule has 0 rings (SSSR count). The number of carbonyl (C=O) groups is 2. The maximum Gasteiger partial charge on any atom is 0.326 e. The number of carboxylic acid groups (broad SMARTS) is 1. The Morgan fingerprint density at radius 1 is 1.32 bits per heavy atom. The third-order valence-electron chi connectivity index (χ3n) is 2.82. The molecule has 0 spiro atoms. The predicted molar refractivity (Wildman–Crippen MR) is 78.7 cm³/mol. The SMILES string of the molecule is CCN(CC)CCNC(=O)NC(CCSC)C(=O)O. The van der Waals surface area contributed by atoms with Gasteiger partial charge in [-0.15, -0.1) is 0 Å². The third kappa shape index (κ3) is 8.72. The van der Waals surface area contributed by atoms with Gasteiger partial charge in [-0.05, 0) is 31.5 Å². The quantitative estimate of drug-likeness (QED) is 0.555. The molecule has 0 radical (unpaired) electrons. The van der Waals surface area contributed by atoms with Gasteiger partial charge in [0.25, 0.3) is 0 Å². The number of aliphatic carboxylic acids is 1. The minimum atomic E-state index is -0.993. The number of hydrogen-bond acceptors (Lipinski definition) is 4. The van der Waals surface area contributed by atoms with E-state index in [0.717, 1.165) is 19.6 Å². The van der Waals surface area contributed by atoms with Crippen LogP contribution in [0.3, 0.4) is 0 Å². The Balaban J connectivity index is 3.95. The smallest absolute Gasteiger partial charge is 0.326 e. The summed E-state index contributed by atoms with van der Waals surface area (Å²) in [7, 11) is 0. The van der Waals surface area contributed by atoms with Gasteiger partial charge >= 0.3 is 12.0 Å². The van der Waals surface area contributed by atoms with Crippen LogP contribution in [0, 0.1) is 0 Å². The topological polar surface area (TPSA) is 81.7 Å². The largest absolute Gasteiger partial charge is 0.480 e. The summed E-state index contributed by atoms with van der Waals surface area (Å²) in [6, 6.07) is -1.23. The minimum Gasteiger partial charge on any atom is -0.480 e. The molecule has 0 saturated carbocycles. The van der Waals surface area contributed by atoms with Crippen LogP contribution in [-0.4, -0.2) is 66.2 Å². The Labute approximate surface area is 119 Å². The zero-order chi connectivity index (χ0) is 14.7. The van der Waals surface area contributed by atoms with Crippen molar-refractivity contribution in [3.8, 4) is 0 Å². The first-order valence-corrected chi connectivity index (χ1v) is 7.92. The van der Waals surface area contributed by atoms with Crippen LogP contribution in [-0.2, 0) is 4.79 Å². The van der Waals surface area contributed by atoms with Gasteiger partial charge in [0.15, 0.2) is 0 Å². The van der Waals surface area contributed by atoms with Crippen molar-refractivity contribution in [2.24, 2.45) is 0 Å². The van der Waals surface area contributed by atoms with E-state index in [1.165, 1.54) is 0 Å². The van der Waals surface area contributed by atoms with E-state index in [9.17, 15) is 9.59 Å². The van der Waals surface area contributed by atoms with Gasteiger partial charge in [0, 0.05) is 13.1 Å². The van der Waals surface area contributed by atoms with Gasteiger partial charge < -0.3 is 20.6 Å². The molecule has 0 heterocycles. The van der Waals surface area contributed by atoms with Crippen molar-refractivity contribution in [3.63, 3.8) is 0 Å². The normalized spacial score (nSPS) is 12.2. The maximum absolute atomic E-state index is 11.6. The zero-order valence-corrected chi connectivity index (χ0v) is 12.8. The van der Waals surface area contributed by atoms with Crippen molar-refractivity contribution < 1.29 is 14.7 Å². The van der Waals surface area contributed by atoms with E-state index >= 15 is 0 Å². The third-order valence-corrected chi connectivity index (χ3v) is 3.47. The molecule has 1 unspecified atom stereocenters. The van der Waals surface area contributed by atoms with Gasteiger partial charge in [-0.25, -0.2) is 9.59 Å². The molecule has 0 aromatic carbocycles. The number of amides is 2. The zero-order valence-electron chi connectivity index (χ0n) is 11.9. The molecule has 0 aliphatic rings. The summed E-state index contributed by atoms with van der Waals surface area (Å²) >= 11 is 1.56. The Kier molecular flexibility index (Phi) is 10.4. The van der Waals surface area contributed by atoms with Crippen LogP contribution in [0.1, 0.15) is 20.3 Å². The first-order chi connectivity index (χ1) is 9.04. The van der Waals surface area contributed by atoms with E-state index in [0.29, 0.717) is 18.7 Å². The van der Waals surface area contributed by atoms with Gasteiger partial charge in [0.05, 0.1) is 0 Å². The van der Waals surface area contributed by atoms with E-state index in [1.54, 1.807) is 11.8 Å². The van der Waals surface area contributed by atoms with Crippen LogP contribution < -0.4 is 10.6 Å². The summed E-state index contributed by atoms with van der Waals surface area (Å²) in [6.07, 6.45) is 2.34. The second-order valence-corrected chi connectivity index (χ2v) is 5.09. The Bertz CT molecular complexity index is 273. The second-order valence-electron chi connectivity index (χ2n) is 4.10. The van der Waals surface area contributed by atoms with E-state index < -0.39 is 18.0 Å². The summed E-state index contributed by atoms with van der Waals surface area (Å²) in [5, 5.41) is 14.1. The lowest BCUT2D eigenvalue weighted by molar-refractivity contribution is -0.139. The molecule has 0 aliphatic heterocycles. The molecule has 112 valence electrons. The lowest BCUT2D eigenvalue weighted by Crippen LogP contribution is -2.47. The number of likely N-dealkylation sites (N-methyl/N-ethyl adjacent to an activating group) is 1. The number of thioether (sulfide) groups is 1. The van der Waals surface area contributed by atoms with Crippen molar-refractivity contribution >= 4 is 23.8 Å². The first kappa shape index (κ1) is 18.0. The van der Waals surface area contributed by atoms with Crippen molar-refractivity contribution in [2.75, 3.05) is 38.2 Å². The Hall–Kier alpha value is -0.950. The number of hydrogen-bond donors (Lipinski definition) is 3. The van der Waals surface area contributed by atoms with Gasteiger partial charge in [0.1, 0.15) is 6.04 Å². The lowest BCUT2D eigenvalue weighted by atomic mass is 10.2. The highest BCUT2D eigenvalue weighted by molar-refractivity contribution is 7.98. The summed E-state index contributed by atoms with van der Waals surface area (Å²) in [5.41, 5.74) is 0. The van der Waals surface area contributed by atoms with Crippen LogP contribution in [0.25, 0.3) is 0 Å². The molecule has 1 atom stereocenters. The van der Waals surface area contributed by atoms with Crippen LogP contribution in [0.15, 0.2) is 0 Å². The van der Waals surface area contributed by atoms with Crippen molar-refractivity contribution in [1.82, 2.24) is 15.5 Å². The van der Waals surface area contributed by atoms with E-state index in [2.05, 4.69) is 29.4 Å². The lowest BCUT2D eigenvalue weighted by Gasteiger charge is -2.19. The van der Waals surface area contributed by atoms with Crippen LogP contribution >= 0.6 is 11.8 Å². The van der Waals surface area contributed by atoms with Crippen molar-refractivity contribution in [2.45, 2.75) is 26.3 Å². The number of nitrogens with zero attached hydrogens (tertiary/aromatic N) is 1. The summed E-state index contributed by atoms with van der Waals surface area (Å²) in [6.45, 7) is 7.28. The second kappa shape index (κ2) is 10.9. The number of carbonyl (C=O) groups excluding carboxylic acids is 1. The monoisotopic (exact) mass is 291 g/mol. The van der Waals surface area contributed by atoms with Crippen LogP contribution in [0.4, 0.5) is 4.79 Å². The Morgan fingerprint density at radius 2 is 1.95 bits per heavy atom. The molecule has 0 aromatic rings. The highest BCUT2D eigenvalue weighted by Crippen LogP contribution is 2.00. The summed E-state index contributed by atoms with van der Waals surface area (Å²) in [5.74, 6) is -0.288. The molecule has 7 heteroatoms. The van der Waals surface area contributed by atoms with Gasteiger partial charge in [-0.1, -0.05) is 13.8 Å². The number of rotatable bonds is 10. The van der Waals surface area contributed by atoms with E-state index in [4.69, 9.17) is 5.11 Å². The molecular weight excluding hydrogens is 266 g/mol. The molecule has 0 bridgehead atoms. The highest BCUT2D eigenvalue weighted by Gasteiger charge is 2.18.